The molecule has 0 saturated heterocycles. The molecular weight excluding hydrogens is 232 g/mol. The molecule has 0 fully saturated rings. The van der Waals surface area contributed by atoms with Gasteiger partial charge in [-0.2, -0.15) is 0 Å². The second-order valence-electron chi connectivity index (χ2n) is 3.92. The first-order chi connectivity index (χ1) is 8.20. The first kappa shape index (κ1) is 11.9. The highest BCUT2D eigenvalue weighted by Gasteiger charge is 2.07. The van der Waals surface area contributed by atoms with E-state index < -0.39 is 0 Å². The van der Waals surface area contributed by atoms with Gasteiger partial charge in [0.1, 0.15) is 5.15 Å². The molecule has 0 amide bonds. The minimum atomic E-state index is 0.522. The first-order valence-electron chi connectivity index (χ1n) is 5.66. The molecule has 0 unspecified atom stereocenters. The minimum absolute atomic E-state index is 0.522. The Kier molecular flexibility index (Phi) is 3.64. The quantitative estimate of drug-likeness (QED) is 0.755. The molecule has 0 radical (unpaired) electrons. The van der Waals surface area contributed by atoms with E-state index in [0.717, 1.165) is 12.2 Å². The SMILES string of the molecule is CCN(c1cccc(C)c1)c1ccnc(Cl)c1. The van der Waals surface area contributed by atoms with Crippen LogP contribution in [0.25, 0.3) is 0 Å². The molecule has 0 saturated carbocycles. The van der Waals surface area contributed by atoms with Crippen LogP contribution in [0, 0.1) is 6.92 Å². The van der Waals surface area contributed by atoms with Crippen LogP contribution < -0.4 is 4.90 Å². The first-order valence-corrected chi connectivity index (χ1v) is 6.04. The number of rotatable bonds is 3. The molecule has 0 aliphatic heterocycles. The molecule has 0 aliphatic carbocycles. The molecule has 1 heterocycles. The summed E-state index contributed by atoms with van der Waals surface area (Å²) >= 11 is 5.93. The lowest BCUT2D eigenvalue weighted by molar-refractivity contribution is 1.02. The summed E-state index contributed by atoms with van der Waals surface area (Å²) in [4.78, 5) is 6.22. The average Bonchev–Trinajstić information content (AvgIpc) is 2.30. The molecular formula is C14H15ClN2. The van der Waals surface area contributed by atoms with Gasteiger partial charge in [0.25, 0.3) is 0 Å². The van der Waals surface area contributed by atoms with E-state index in [1.54, 1.807) is 6.20 Å². The van der Waals surface area contributed by atoms with Gasteiger partial charge in [0, 0.05) is 24.1 Å². The molecule has 0 N–H and O–H groups in total. The van der Waals surface area contributed by atoms with Gasteiger partial charge in [-0.15, -0.1) is 0 Å². The summed E-state index contributed by atoms with van der Waals surface area (Å²) < 4.78 is 0. The molecule has 1 aromatic carbocycles. The second-order valence-corrected chi connectivity index (χ2v) is 4.31. The summed E-state index contributed by atoms with van der Waals surface area (Å²) in [5.74, 6) is 0. The van der Waals surface area contributed by atoms with Crippen LogP contribution in [0.15, 0.2) is 42.6 Å². The van der Waals surface area contributed by atoms with Crippen LogP contribution in [-0.2, 0) is 0 Å². The molecule has 0 atom stereocenters. The molecule has 1 aromatic heterocycles. The van der Waals surface area contributed by atoms with Crippen molar-refractivity contribution in [3.63, 3.8) is 0 Å². The molecule has 0 aliphatic rings. The zero-order valence-corrected chi connectivity index (χ0v) is 10.8. The van der Waals surface area contributed by atoms with Gasteiger partial charge in [-0.1, -0.05) is 23.7 Å². The van der Waals surface area contributed by atoms with Gasteiger partial charge in [0.15, 0.2) is 0 Å². The van der Waals surface area contributed by atoms with Crippen molar-refractivity contribution in [3.05, 3.63) is 53.3 Å². The Hall–Kier alpha value is -1.54. The predicted octanol–water partition coefficient (Wildman–Crippen LogP) is 4.20. The van der Waals surface area contributed by atoms with Crippen molar-refractivity contribution >= 4 is 23.0 Å². The molecule has 88 valence electrons. The predicted molar refractivity (Wildman–Crippen MR) is 73.1 cm³/mol. The summed E-state index contributed by atoms with van der Waals surface area (Å²) in [5, 5.41) is 0.522. The third-order valence-electron chi connectivity index (χ3n) is 2.65. The van der Waals surface area contributed by atoms with Crippen LogP contribution in [0.4, 0.5) is 11.4 Å². The van der Waals surface area contributed by atoms with E-state index in [-0.39, 0.29) is 0 Å². The Morgan fingerprint density at radius 2 is 1.94 bits per heavy atom. The number of aryl methyl sites for hydroxylation is 1. The highest BCUT2D eigenvalue weighted by atomic mass is 35.5. The maximum Gasteiger partial charge on any atom is 0.131 e. The smallest absolute Gasteiger partial charge is 0.131 e. The molecule has 3 heteroatoms. The molecule has 0 bridgehead atoms. The zero-order valence-electron chi connectivity index (χ0n) is 10.0. The van der Waals surface area contributed by atoms with E-state index >= 15 is 0 Å². The van der Waals surface area contributed by atoms with Gasteiger partial charge in [0.05, 0.1) is 0 Å². The summed E-state index contributed by atoms with van der Waals surface area (Å²) in [6.45, 7) is 5.11. The maximum absolute atomic E-state index is 5.93. The van der Waals surface area contributed by atoms with Gasteiger partial charge >= 0.3 is 0 Å². The van der Waals surface area contributed by atoms with Crippen molar-refractivity contribution in [2.45, 2.75) is 13.8 Å². The monoisotopic (exact) mass is 246 g/mol. The van der Waals surface area contributed by atoms with E-state index in [0.29, 0.717) is 5.15 Å². The van der Waals surface area contributed by atoms with Crippen molar-refractivity contribution < 1.29 is 0 Å². The lowest BCUT2D eigenvalue weighted by Crippen LogP contribution is -2.16. The fourth-order valence-corrected chi connectivity index (χ4v) is 2.04. The number of aromatic nitrogens is 1. The van der Waals surface area contributed by atoms with Crippen molar-refractivity contribution in [2.75, 3.05) is 11.4 Å². The van der Waals surface area contributed by atoms with Crippen LogP contribution in [-0.4, -0.2) is 11.5 Å². The molecule has 2 nitrogen and oxygen atoms in total. The fourth-order valence-electron chi connectivity index (χ4n) is 1.87. The lowest BCUT2D eigenvalue weighted by Gasteiger charge is -2.23. The highest BCUT2D eigenvalue weighted by Crippen LogP contribution is 2.26. The van der Waals surface area contributed by atoms with Crippen molar-refractivity contribution in [3.8, 4) is 0 Å². The standard InChI is InChI=1S/C14H15ClN2/c1-3-17(12-6-4-5-11(2)9-12)13-7-8-16-14(15)10-13/h4-10H,3H2,1-2H3. The number of hydrogen-bond acceptors (Lipinski definition) is 2. The third kappa shape index (κ3) is 2.77. The maximum atomic E-state index is 5.93. The van der Waals surface area contributed by atoms with Gasteiger partial charge in [0.2, 0.25) is 0 Å². The van der Waals surface area contributed by atoms with Crippen molar-refractivity contribution in [1.82, 2.24) is 4.98 Å². The van der Waals surface area contributed by atoms with Crippen LogP contribution >= 0.6 is 11.6 Å². The second kappa shape index (κ2) is 5.19. The summed E-state index contributed by atoms with van der Waals surface area (Å²) in [5.41, 5.74) is 3.49. The molecule has 0 spiro atoms. The topological polar surface area (TPSA) is 16.1 Å². The highest BCUT2D eigenvalue weighted by molar-refractivity contribution is 6.29. The summed E-state index contributed by atoms with van der Waals surface area (Å²) in [6.07, 6.45) is 1.73. The van der Waals surface area contributed by atoms with Gasteiger partial charge < -0.3 is 4.90 Å². The van der Waals surface area contributed by atoms with Gasteiger partial charge in [-0.3, -0.25) is 0 Å². The Bertz CT molecular complexity index is 466. The van der Waals surface area contributed by atoms with Crippen LogP contribution in [0.5, 0.6) is 0 Å². The average molecular weight is 247 g/mol. The Labute approximate surface area is 107 Å². The number of pyridine rings is 1. The number of halogens is 1. The molecule has 2 aromatic rings. The van der Waals surface area contributed by atoms with Gasteiger partial charge in [-0.05, 0) is 43.7 Å². The number of benzene rings is 1. The zero-order chi connectivity index (χ0) is 12.3. The molecule has 17 heavy (non-hydrogen) atoms. The Morgan fingerprint density at radius 3 is 2.59 bits per heavy atom. The van der Waals surface area contributed by atoms with Gasteiger partial charge in [-0.25, -0.2) is 4.98 Å². The van der Waals surface area contributed by atoms with E-state index in [4.69, 9.17) is 11.6 Å². The summed E-state index contributed by atoms with van der Waals surface area (Å²) in [7, 11) is 0. The number of hydrogen-bond donors (Lipinski definition) is 0. The fraction of sp³-hybridized carbons (Fsp3) is 0.214. The van der Waals surface area contributed by atoms with E-state index in [1.165, 1.54) is 11.3 Å². The normalized spacial score (nSPS) is 10.3. The van der Waals surface area contributed by atoms with Crippen LogP contribution in [0.3, 0.4) is 0 Å². The Morgan fingerprint density at radius 1 is 1.18 bits per heavy atom. The van der Waals surface area contributed by atoms with Crippen LogP contribution in [0.1, 0.15) is 12.5 Å². The Balaban J connectivity index is 2.40. The lowest BCUT2D eigenvalue weighted by atomic mass is 10.2. The van der Waals surface area contributed by atoms with Crippen LogP contribution in [0.2, 0.25) is 5.15 Å². The van der Waals surface area contributed by atoms with E-state index in [1.807, 2.05) is 12.1 Å². The van der Waals surface area contributed by atoms with E-state index in [2.05, 4.69) is 48.0 Å². The largest absolute Gasteiger partial charge is 0.342 e. The number of nitrogens with zero attached hydrogens (tertiary/aromatic N) is 2. The van der Waals surface area contributed by atoms with Crippen molar-refractivity contribution in [1.29, 1.82) is 0 Å². The molecule has 2 rings (SSSR count). The van der Waals surface area contributed by atoms with Crippen molar-refractivity contribution in [2.24, 2.45) is 0 Å². The summed E-state index contributed by atoms with van der Waals surface area (Å²) in [6, 6.07) is 12.3. The third-order valence-corrected chi connectivity index (χ3v) is 2.86. The minimum Gasteiger partial charge on any atom is -0.342 e. The van der Waals surface area contributed by atoms with E-state index in [9.17, 15) is 0 Å². The number of anilines is 2.